The van der Waals surface area contributed by atoms with Crippen molar-refractivity contribution in [2.45, 2.75) is 20.3 Å². The number of hydrogen-bond donors (Lipinski definition) is 2. The predicted molar refractivity (Wildman–Crippen MR) is 120 cm³/mol. The first-order chi connectivity index (χ1) is 13.8. The molecule has 0 aliphatic rings. The lowest BCUT2D eigenvalue weighted by atomic mass is 10.1. The zero-order valence-electron chi connectivity index (χ0n) is 16.1. The molecule has 2 amide bonds. The second-order valence-corrected chi connectivity index (χ2v) is 8.65. The van der Waals surface area contributed by atoms with Gasteiger partial charge in [0.1, 0.15) is 10.8 Å². The number of hydrogen-bond acceptors (Lipinski definition) is 4. The maximum absolute atomic E-state index is 12.4. The van der Waals surface area contributed by atoms with Crippen LogP contribution in [0.3, 0.4) is 0 Å². The van der Waals surface area contributed by atoms with Crippen molar-refractivity contribution in [1.82, 2.24) is 0 Å². The minimum Gasteiger partial charge on any atom is -0.483 e. The number of ether oxygens (including phenoxy) is 1. The zero-order chi connectivity index (χ0) is 21.0. The number of aryl methyl sites for hydroxylation is 1. The van der Waals surface area contributed by atoms with Crippen LogP contribution in [0, 0.1) is 13.8 Å². The molecule has 0 unspecified atom stereocenters. The summed E-state index contributed by atoms with van der Waals surface area (Å²) < 4.78 is 6.56. The smallest absolute Gasteiger partial charge is 0.262 e. The Hall–Kier alpha value is -2.64. The summed E-state index contributed by atoms with van der Waals surface area (Å²) in [6.07, 6.45) is 0.669. The maximum Gasteiger partial charge on any atom is 0.262 e. The molecule has 1 heterocycles. The highest BCUT2D eigenvalue weighted by Crippen LogP contribution is 2.34. The molecule has 5 nitrogen and oxygen atoms in total. The number of carbonyl (C=O) groups is 2. The van der Waals surface area contributed by atoms with E-state index in [2.05, 4.69) is 21.2 Å². The van der Waals surface area contributed by atoms with Crippen LogP contribution < -0.4 is 15.8 Å². The van der Waals surface area contributed by atoms with Crippen LogP contribution in [0.25, 0.3) is 0 Å². The van der Waals surface area contributed by atoms with Crippen LogP contribution in [-0.2, 0) is 11.2 Å². The topological polar surface area (TPSA) is 81.4 Å². The molecule has 3 rings (SSSR count). The number of carbonyl (C=O) groups excluding carboxylic acids is 2. The number of thiophene rings is 1. The van der Waals surface area contributed by atoms with Crippen LogP contribution in [-0.4, -0.2) is 18.4 Å². The third-order valence-electron chi connectivity index (χ3n) is 4.45. The lowest BCUT2D eigenvalue weighted by Gasteiger charge is -2.10. The van der Waals surface area contributed by atoms with E-state index in [1.807, 2.05) is 56.3 Å². The molecule has 0 aliphatic heterocycles. The second-order valence-electron chi connectivity index (χ2n) is 6.63. The Morgan fingerprint density at radius 3 is 2.52 bits per heavy atom. The average Bonchev–Trinajstić information content (AvgIpc) is 2.97. The highest BCUT2D eigenvalue weighted by atomic mass is 79.9. The molecule has 0 saturated heterocycles. The molecule has 0 fully saturated rings. The standard InChI is InChI=1S/C22H21BrN2O3S/c1-13-10-16(23)8-9-17(13)28-12-19(26)25-22-20(21(24)27)14(2)18(29-22)11-15-6-4-3-5-7-15/h3-10H,11-12H2,1-2H3,(H2,24,27)(H,25,26). The number of nitrogens with two attached hydrogens (primary N) is 1. The number of primary amides is 1. The third-order valence-corrected chi connectivity index (χ3v) is 6.15. The molecule has 1 aromatic heterocycles. The summed E-state index contributed by atoms with van der Waals surface area (Å²) in [5.74, 6) is -0.272. The Kier molecular flexibility index (Phi) is 6.71. The lowest BCUT2D eigenvalue weighted by molar-refractivity contribution is -0.118. The first kappa shape index (κ1) is 21.1. The van der Waals surface area contributed by atoms with Gasteiger partial charge >= 0.3 is 0 Å². The van der Waals surface area contributed by atoms with E-state index >= 15 is 0 Å². The molecule has 0 spiro atoms. The molecule has 29 heavy (non-hydrogen) atoms. The molecule has 0 atom stereocenters. The molecule has 3 N–H and O–H groups in total. The van der Waals surface area contributed by atoms with E-state index in [-0.39, 0.29) is 12.5 Å². The summed E-state index contributed by atoms with van der Waals surface area (Å²) in [6.45, 7) is 3.60. The Bertz CT molecular complexity index is 1050. The molecular weight excluding hydrogens is 452 g/mol. The molecule has 2 aromatic carbocycles. The number of rotatable bonds is 7. The first-order valence-electron chi connectivity index (χ1n) is 9.00. The fraction of sp³-hybridized carbons (Fsp3) is 0.182. The highest BCUT2D eigenvalue weighted by molar-refractivity contribution is 9.10. The highest BCUT2D eigenvalue weighted by Gasteiger charge is 2.21. The van der Waals surface area contributed by atoms with Crippen LogP contribution in [0.2, 0.25) is 0 Å². The third kappa shape index (κ3) is 5.25. The number of amides is 2. The van der Waals surface area contributed by atoms with Crippen LogP contribution in [0.5, 0.6) is 5.75 Å². The number of benzene rings is 2. The Balaban J connectivity index is 1.74. The monoisotopic (exact) mass is 472 g/mol. The van der Waals surface area contributed by atoms with Crippen molar-refractivity contribution in [3.05, 3.63) is 80.1 Å². The zero-order valence-corrected chi connectivity index (χ0v) is 18.5. The minimum atomic E-state index is -0.557. The predicted octanol–water partition coefficient (Wildman–Crippen LogP) is 4.83. The van der Waals surface area contributed by atoms with E-state index in [9.17, 15) is 9.59 Å². The molecule has 7 heteroatoms. The van der Waals surface area contributed by atoms with E-state index in [1.165, 1.54) is 11.3 Å². The Labute approximate surface area is 182 Å². The van der Waals surface area contributed by atoms with Gasteiger partial charge in [0.25, 0.3) is 11.8 Å². The summed E-state index contributed by atoms with van der Waals surface area (Å²) in [6, 6.07) is 15.5. The van der Waals surface area contributed by atoms with Crippen molar-refractivity contribution in [3.8, 4) is 5.75 Å². The van der Waals surface area contributed by atoms with Crippen LogP contribution >= 0.6 is 27.3 Å². The quantitative estimate of drug-likeness (QED) is 0.516. The Morgan fingerprint density at radius 1 is 1.14 bits per heavy atom. The van der Waals surface area contributed by atoms with Gasteiger partial charge in [0, 0.05) is 15.8 Å². The fourth-order valence-corrected chi connectivity index (χ4v) is 4.71. The SMILES string of the molecule is Cc1cc(Br)ccc1OCC(=O)Nc1sc(Cc2ccccc2)c(C)c1C(N)=O. The van der Waals surface area contributed by atoms with Crippen LogP contribution in [0.4, 0.5) is 5.00 Å². The van der Waals surface area contributed by atoms with Crippen molar-refractivity contribution in [2.75, 3.05) is 11.9 Å². The van der Waals surface area contributed by atoms with Crippen LogP contribution in [0.1, 0.15) is 31.9 Å². The van der Waals surface area contributed by atoms with Crippen molar-refractivity contribution in [3.63, 3.8) is 0 Å². The molecule has 0 saturated carbocycles. The van der Waals surface area contributed by atoms with Gasteiger partial charge in [-0.1, -0.05) is 46.3 Å². The van der Waals surface area contributed by atoms with E-state index in [0.717, 1.165) is 26.0 Å². The minimum absolute atomic E-state index is 0.161. The van der Waals surface area contributed by atoms with E-state index in [4.69, 9.17) is 10.5 Å². The largest absolute Gasteiger partial charge is 0.483 e. The van der Waals surface area contributed by atoms with Gasteiger partial charge in [-0.2, -0.15) is 0 Å². The maximum atomic E-state index is 12.4. The number of halogens is 1. The fourth-order valence-electron chi connectivity index (χ4n) is 2.98. The van der Waals surface area contributed by atoms with Gasteiger partial charge in [-0.3, -0.25) is 9.59 Å². The first-order valence-corrected chi connectivity index (χ1v) is 10.6. The van der Waals surface area contributed by atoms with Gasteiger partial charge < -0.3 is 15.8 Å². The summed E-state index contributed by atoms with van der Waals surface area (Å²) in [5, 5.41) is 3.24. The molecule has 150 valence electrons. The summed E-state index contributed by atoms with van der Waals surface area (Å²) in [5.41, 5.74) is 8.77. The van der Waals surface area contributed by atoms with Gasteiger partial charge in [-0.15, -0.1) is 11.3 Å². The number of nitrogens with one attached hydrogen (secondary N) is 1. The normalized spacial score (nSPS) is 10.6. The molecule has 3 aromatic rings. The van der Waals surface area contributed by atoms with Gasteiger partial charge in [0.2, 0.25) is 0 Å². The molecule has 0 aliphatic carbocycles. The number of anilines is 1. The van der Waals surface area contributed by atoms with E-state index < -0.39 is 5.91 Å². The molecular formula is C22H21BrN2O3S. The van der Waals surface area contributed by atoms with Crippen molar-refractivity contribution >= 4 is 44.1 Å². The Morgan fingerprint density at radius 2 is 1.86 bits per heavy atom. The summed E-state index contributed by atoms with van der Waals surface area (Å²) >= 11 is 4.77. The molecule has 0 bridgehead atoms. The van der Waals surface area contributed by atoms with Gasteiger partial charge in [0.05, 0.1) is 5.56 Å². The lowest BCUT2D eigenvalue weighted by Crippen LogP contribution is -2.22. The van der Waals surface area contributed by atoms with Crippen molar-refractivity contribution in [2.24, 2.45) is 5.73 Å². The van der Waals surface area contributed by atoms with Crippen molar-refractivity contribution in [1.29, 1.82) is 0 Å². The second kappa shape index (κ2) is 9.24. The summed E-state index contributed by atoms with van der Waals surface area (Å²) in [7, 11) is 0. The van der Waals surface area contributed by atoms with Gasteiger partial charge in [-0.25, -0.2) is 0 Å². The van der Waals surface area contributed by atoms with Crippen LogP contribution in [0.15, 0.2) is 53.0 Å². The van der Waals surface area contributed by atoms with Gasteiger partial charge in [0.15, 0.2) is 6.61 Å². The van der Waals surface area contributed by atoms with Gasteiger partial charge in [-0.05, 0) is 48.7 Å². The average molecular weight is 473 g/mol. The summed E-state index contributed by atoms with van der Waals surface area (Å²) in [4.78, 5) is 25.4. The van der Waals surface area contributed by atoms with E-state index in [1.54, 1.807) is 6.07 Å². The van der Waals surface area contributed by atoms with Crippen molar-refractivity contribution < 1.29 is 14.3 Å². The van der Waals surface area contributed by atoms with E-state index in [0.29, 0.717) is 22.7 Å². The molecule has 0 radical (unpaired) electrons.